The molecule has 0 amide bonds. The van der Waals surface area contributed by atoms with Crippen LogP contribution in [0.3, 0.4) is 0 Å². The molecule has 0 saturated carbocycles. The molecule has 0 saturated heterocycles. The van der Waals surface area contributed by atoms with Crippen molar-refractivity contribution in [3.8, 4) is 5.75 Å². The van der Waals surface area contributed by atoms with Gasteiger partial charge in [0, 0.05) is 5.88 Å². The molecule has 0 bridgehead atoms. The Morgan fingerprint density at radius 3 is 2.88 bits per heavy atom. The molecule has 1 aliphatic carbocycles. The Balaban J connectivity index is 1.56. The van der Waals surface area contributed by atoms with Gasteiger partial charge in [-0.25, -0.2) is 9.78 Å². The summed E-state index contributed by atoms with van der Waals surface area (Å²) in [6, 6.07) is 11.5. The predicted molar refractivity (Wildman–Crippen MR) is 92.6 cm³/mol. The van der Waals surface area contributed by atoms with E-state index >= 15 is 0 Å². The topological polar surface area (TPSA) is 48.4 Å². The van der Waals surface area contributed by atoms with Crippen LogP contribution in [-0.4, -0.2) is 23.4 Å². The number of fused-ring (bicyclic) bond motifs is 1. The maximum atomic E-state index is 12.3. The first-order valence-electron chi connectivity index (χ1n) is 8.21. The van der Waals surface area contributed by atoms with Crippen molar-refractivity contribution in [1.29, 1.82) is 0 Å². The largest absolute Gasteiger partial charge is 0.492 e. The summed E-state index contributed by atoms with van der Waals surface area (Å²) >= 11 is 5.62. The summed E-state index contributed by atoms with van der Waals surface area (Å²) in [4.78, 5) is 16.4. The van der Waals surface area contributed by atoms with E-state index in [1.165, 1.54) is 5.56 Å². The molecule has 1 aromatic heterocycles. The van der Waals surface area contributed by atoms with Crippen molar-refractivity contribution in [2.45, 2.75) is 31.8 Å². The highest BCUT2D eigenvalue weighted by Crippen LogP contribution is 2.34. The fraction of sp³-hybridized carbons (Fsp3) is 0.368. The number of alkyl halides is 1. The van der Waals surface area contributed by atoms with Crippen LogP contribution in [0.1, 0.15) is 47.0 Å². The van der Waals surface area contributed by atoms with Crippen molar-refractivity contribution in [3.05, 3.63) is 59.4 Å². The maximum Gasteiger partial charge on any atom is 0.357 e. The molecule has 1 heterocycles. The molecule has 1 aromatic carbocycles. The lowest BCUT2D eigenvalue weighted by molar-refractivity contribution is 0.0294. The van der Waals surface area contributed by atoms with E-state index in [2.05, 4.69) is 11.1 Å². The van der Waals surface area contributed by atoms with E-state index in [9.17, 15) is 4.79 Å². The van der Waals surface area contributed by atoms with Gasteiger partial charge in [0.2, 0.25) is 0 Å². The fourth-order valence-electron chi connectivity index (χ4n) is 2.80. The van der Waals surface area contributed by atoms with Gasteiger partial charge in [-0.3, -0.25) is 0 Å². The summed E-state index contributed by atoms with van der Waals surface area (Å²) in [6.45, 7) is 0.594. The number of pyridine rings is 1. The monoisotopic (exact) mass is 345 g/mol. The SMILES string of the molecule is O=C(OC1CCc2ccccc21)c1ccc(OCCCCCl)cn1. The smallest absolute Gasteiger partial charge is 0.357 e. The van der Waals surface area contributed by atoms with Gasteiger partial charge in [0.1, 0.15) is 17.5 Å². The quantitative estimate of drug-likeness (QED) is 0.426. The number of carbonyl (C=O) groups is 1. The normalized spacial score (nSPS) is 15.8. The minimum atomic E-state index is -0.398. The number of nitrogens with zero attached hydrogens (tertiary/aromatic N) is 1. The highest BCUT2D eigenvalue weighted by atomic mass is 35.5. The first kappa shape index (κ1) is 16.8. The molecule has 1 unspecified atom stereocenters. The lowest BCUT2D eigenvalue weighted by atomic mass is 10.1. The van der Waals surface area contributed by atoms with Gasteiger partial charge >= 0.3 is 5.97 Å². The van der Waals surface area contributed by atoms with Gasteiger partial charge in [0.15, 0.2) is 0 Å². The van der Waals surface area contributed by atoms with Crippen molar-refractivity contribution in [3.63, 3.8) is 0 Å². The maximum absolute atomic E-state index is 12.3. The Bertz CT molecular complexity index is 687. The molecule has 0 spiro atoms. The van der Waals surface area contributed by atoms with Gasteiger partial charge in [-0.05, 0) is 48.9 Å². The van der Waals surface area contributed by atoms with Gasteiger partial charge in [-0.2, -0.15) is 0 Å². The Labute approximate surface area is 146 Å². The first-order chi connectivity index (χ1) is 11.8. The number of ether oxygens (including phenoxy) is 2. The first-order valence-corrected chi connectivity index (χ1v) is 8.75. The summed E-state index contributed by atoms with van der Waals surface area (Å²) < 4.78 is 11.2. The zero-order valence-corrected chi connectivity index (χ0v) is 14.2. The van der Waals surface area contributed by atoms with Crippen molar-refractivity contribution in [2.75, 3.05) is 12.5 Å². The molecule has 4 nitrogen and oxygen atoms in total. The Kier molecular flexibility index (Phi) is 5.70. The van der Waals surface area contributed by atoms with Crippen LogP contribution in [0.2, 0.25) is 0 Å². The Hall–Kier alpha value is -2.07. The Morgan fingerprint density at radius 1 is 1.21 bits per heavy atom. The number of hydrogen-bond donors (Lipinski definition) is 0. The zero-order chi connectivity index (χ0) is 16.8. The molecular weight excluding hydrogens is 326 g/mol. The fourth-order valence-corrected chi connectivity index (χ4v) is 2.99. The number of carbonyl (C=O) groups excluding carboxylic acids is 1. The summed E-state index contributed by atoms with van der Waals surface area (Å²) in [7, 11) is 0. The van der Waals surface area contributed by atoms with E-state index in [1.807, 2.05) is 18.2 Å². The molecule has 2 aromatic rings. The van der Waals surface area contributed by atoms with Crippen molar-refractivity contribution >= 4 is 17.6 Å². The summed E-state index contributed by atoms with van der Waals surface area (Å²) in [6.07, 6.45) is 4.96. The third-order valence-electron chi connectivity index (χ3n) is 4.07. The highest BCUT2D eigenvalue weighted by molar-refractivity contribution is 6.17. The number of halogens is 1. The van der Waals surface area contributed by atoms with Crippen LogP contribution in [0.4, 0.5) is 0 Å². The number of aryl methyl sites for hydroxylation is 1. The number of esters is 1. The number of rotatable bonds is 7. The van der Waals surface area contributed by atoms with E-state index in [0.717, 1.165) is 31.2 Å². The van der Waals surface area contributed by atoms with Crippen LogP contribution in [0.5, 0.6) is 5.75 Å². The summed E-state index contributed by atoms with van der Waals surface area (Å²) in [5.74, 6) is 0.883. The van der Waals surface area contributed by atoms with Crippen molar-refractivity contribution < 1.29 is 14.3 Å². The van der Waals surface area contributed by atoms with Crippen LogP contribution in [0, 0.1) is 0 Å². The van der Waals surface area contributed by atoms with Gasteiger partial charge in [-0.1, -0.05) is 24.3 Å². The second-order valence-corrected chi connectivity index (χ2v) is 6.13. The second-order valence-electron chi connectivity index (χ2n) is 5.76. The number of aromatic nitrogens is 1. The van der Waals surface area contributed by atoms with E-state index in [0.29, 0.717) is 23.9 Å². The Morgan fingerprint density at radius 2 is 2.08 bits per heavy atom. The number of unbranched alkanes of at least 4 members (excludes halogenated alkanes) is 1. The molecule has 0 radical (unpaired) electrons. The summed E-state index contributed by atoms with van der Waals surface area (Å²) in [5.41, 5.74) is 2.65. The molecule has 0 fully saturated rings. The standard InChI is InChI=1S/C19H20ClNO3/c20-11-3-4-12-23-15-8-9-17(21-13-15)19(22)24-18-10-7-14-5-1-2-6-16(14)18/h1-2,5-6,8-9,13,18H,3-4,7,10-12H2. The van der Waals surface area contributed by atoms with Crippen molar-refractivity contribution in [1.82, 2.24) is 4.98 Å². The highest BCUT2D eigenvalue weighted by Gasteiger charge is 2.26. The van der Waals surface area contributed by atoms with Crippen LogP contribution in [0.25, 0.3) is 0 Å². The van der Waals surface area contributed by atoms with Crippen LogP contribution in [-0.2, 0) is 11.2 Å². The third kappa shape index (κ3) is 4.06. The minimum absolute atomic E-state index is 0.179. The van der Waals surface area contributed by atoms with E-state index in [1.54, 1.807) is 18.3 Å². The molecule has 126 valence electrons. The molecule has 3 rings (SSSR count). The average molecular weight is 346 g/mol. The van der Waals surface area contributed by atoms with Gasteiger partial charge in [0.25, 0.3) is 0 Å². The lowest BCUT2D eigenvalue weighted by Crippen LogP contribution is -2.11. The average Bonchev–Trinajstić information content (AvgIpc) is 3.02. The van der Waals surface area contributed by atoms with Crippen LogP contribution < -0.4 is 4.74 Å². The number of benzene rings is 1. The second kappa shape index (κ2) is 8.15. The minimum Gasteiger partial charge on any atom is -0.492 e. The third-order valence-corrected chi connectivity index (χ3v) is 4.34. The van der Waals surface area contributed by atoms with Crippen LogP contribution >= 0.6 is 11.6 Å². The van der Waals surface area contributed by atoms with E-state index < -0.39 is 5.97 Å². The van der Waals surface area contributed by atoms with Gasteiger partial charge < -0.3 is 9.47 Å². The predicted octanol–water partition coefficient (Wildman–Crippen LogP) is 4.32. The molecule has 1 atom stereocenters. The molecule has 1 aliphatic rings. The summed E-state index contributed by atoms with van der Waals surface area (Å²) in [5, 5.41) is 0. The van der Waals surface area contributed by atoms with Crippen LogP contribution in [0.15, 0.2) is 42.6 Å². The molecule has 0 aliphatic heterocycles. The van der Waals surface area contributed by atoms with E-state index in [-0.39, 0.29) is 6.10 Å². The molecular formula is C19H20ClNO3. The zero-order valence-electron chi connectivity index (χ0n) is 13.4. The molecule has 0 N–H and O–H groups in total. The number of hydrogen-bond acceptors (Lipinski definition) is 4. The van der Waals surface area contributed by atoms with E-state index in [4.69, 9.17) is 21.1 Å². The van der Waals surface area contributed by atoms with Crippen molar-refractivity contribution in [2.24, 2.45) is 0 Å². The molecule has 5 heteroatoms. The van der Waals surface area contributed by atoms with Gasteiger partial charge in [0.05, 0.1) is 12.8 Å². The lowest BCUT2D eigenvalue weighted by Gasteiger charge is -2.13. The van der Waals surface area contributed by atoms with Gasteiger partial charge in [-0.15, -0.1) is 11.6 Å². The molecule has 24 heavy (non-hydrogen) atoms.